The van der Waals surface area contributed by atoms with Crippen LogP contribution in [0.3, 0.4) is 0 Å². The van der Waals surface area contributed by atoms with E-state index in [0.29, 0.717) is 35.0 Å². The number of fused-ring (bicyclic) bond motifs is 1. The van der Waals surface area contributed by atoms with Crippen LogP contribution in [0.25, 0.3) is 5.76 Å². The van der Waals surface area contributed by atoms with Crippen molar-refractivity contribution in [1.82, 2.24) is 4.90 Å². The van der Waals surface area contributed by atoms with Gasteiger partial charge >= 0.3 is 0 Å². The summed E-state index contributed by atoms with van der Waals surface area (Å²) in [6.45, 7) is 2.88. The van der Waals surface area contributed by atoms with Crippen molar-refractivity contribution in [3.8, 4) is 17.2 Å². The van der Waals surface area contributed by atoms with E-state index in [0.717, 1.165) is 0 Å². The molecule has 1 fully saturated rings. The molecule has 8 nitrogen and oxygen atoms in total. The fraction of sp³-hybridized carbons (Fsp3) is 0.304. The molecule has 0 spiro atoms. The number of carbonyl (C=O) groups is 2. The van der Waals surface area contributed by atoms with Crippen molar-refractivity contribution in [2.24, 2.45) is 0 Å². The number of aliphatic hydroxyl groups is 1. The summed E-state index contributed by atoms with van der Waals surface area (Å²) in [5.41, 5.74) is 1.03. The highest BCUT2D eigenvalue weighted by atomic mass is 16.7. The molecule has 2 heterocycles. The number of rotatable bonds is 7. The second-order valence-electron chi connectivity index (χ2n) is 7.06. The van der Waals surface area contributed by atoms with Gasteiger partial charge in [-0.1, -0.05) is 12.1 Å². The summed E-state index contributed by atoms with van der Waals surface area (Å²) < 4.78 is 21.4. The molecule has 0 aromatic heterocycles. The maximum atomic E-state index is 13.0. The largest absolute Gasteiger partial charge is 0.507 e. The van der Waals surface area contributed by atoms with Crippen LogP contribution in [0, 0.1) is 0 Å². The Morgan fingerprint density at radius 3 is 2.74 bits per heavy atom. The minimum atomic E-state index is -0.777. The molecule has 0 bridgehead atoms. The predicted octanol–water partition coefficient (Wildman–Crippen LogP) is 2.88. The lowest BCUT2D eigenvalue weighted by molar-refractivity contribution is -0.140. The molecule has 4 rings (SSSR count). The average molecular weight is 425 g/mol. The molecule has 2 aliphatic rings. The van der Waals surface area contributed by atoms with E-state index in [1.54, 1.807) is 42.5 Å². The normalized spacial score (nSPS) is 19.2. The van der Waals surface area contributed by atoms with E-state index in [-0.39, 0.29) is 31.3 Å². The standard InChI is InChI=1S/C23H23NO7/c1-3-29-16-6-4-5-14(11-16)20-19(22(26)23(27)24(20)9-10-28-2)21(25)15-7-8-17-18(12-15)31-13-30-17/h4-8,11-12,20,25H,3,9-10,13H2,1-2H3/b21-19-. The molecular formula is C23H23NO7. The van der Waals surface area contributed by atoms with Gasteiger partial charge in [-0.2, -0.15) is 0 Å². The van der Waals surface area contributed by atoms with Crippen LogP contribution in [-0.4, -0.2) is 55.4 Å². The number of amides is 1. The Hall–Kier alpha value is -3.52. The Bertz CT molecular complexity index is 1050. The molecule has 1 unspecified atom stereocenters. The van der Waals surface area contributed by atoms with Crippen molar-refractivity contribution in [3.05, 3.63) is 59.2 Å². The van der Waals surface area contributed by atoms with E-state index in [2.05, 4.69) is 0 Å². The minimum Gasteiger partial charge on any atom is -0.507 e. The third-order valence-electron chi connectivity index (χ3n) is 5.21. The van der Waals surface area contributed by atoms with Crippen LogP contribution in [0.5, 0.6) is 17.2 Å². The number of nitrogens with zero attached hydrogens (tertiary/aromatic N) is 1. The topological polar surface area (TPSA) is 94.5 Å². The van der Waals surface area contributed by atoms with Gasteiger partial charge in [0.15, 0.2) is 11.5 Å². The lowest BCUT2D eigenvalue weighted by atomic mass is 9.95. The first-order chi connectivity index (χ1) is 15.0. The monoisotopic (exact) mass is 425 g/mol. The Labute approximate surface area is 179 Å². The molecule has 2 aliphatic heterocycles. The third kappa shape index (κ3) is 3.82. The SMILES string of the molecule is CCOc1cccc(C2/C(=C(/O)c3ccc4c(c3)OCO4)C(=O)C(=O)N2CCOC)c1. The van der Waals surface area contributed by atoms with E-state index >= 15 is 0 Å². The Kier molecular flexibility index (Phi) is 5.81. The number of benzene rings is 2. The zero-order chi connectivity index (χ0) is 22.0. The van der Waals surface area contributed by atoms with Crippen LogP contribution >= 0.6 is 0 Å². The first-order valence-electron chi connectivity index (χ1n) is 9.95. The molecule has 0 radical (unpaired) electrons. The van der Waals surface area contributed by atoms with Gasteiger partial charge in [-0.3, -0.25) is 9.59 Å². The van der Waals surface area contributed by atoms with Gasteiger partial charge in [0.05, 0.1) is 24.8 Å². The summed E-state index contributed by atoms with van der Waals surface area (Å²) in [5, 5.41) is 11.1. The number of ketones is 1. The van der Waals surface area contributed by atoms with Crippen LogP contribution in [0.2, 0.25) is 0 Å². The van der Waals surface area contributed by atoms with Gasteiger partial charge in [0.2, 0.25) is 6.79 Å². The molecular weight excluding hydrogens is 402 g/mol. The average Bonchev–Trinajstić information content (AvgIpc) is 3.34. The van der Waals surface area contributed by atoms with Gasteiger partial charge in [-0.05, 0) is 42.8 Å². The summed E-state index contributed by atoms with van der Waals surface area (Å²) >= 11 is 0. The highest BCUT2D eigenvalue weighted by Gasteiger charge is 2.46. The Morgan fingerprint density at radius 1 is 1.16 bits per heavy atom. The molecule has 0 aliphatic carbocycles. The number of likely N-dealkylation sites (tertiary alicyclic amines) is 1. The van der Waals surface area contributed by atoms with Gasteiger partial charge in [0.25, 0.3) is 11.7 Å². The summed E-state index contributed by atoms with van der Waals surface area (Å²) in [4.78, 5) is 27.2. The highest BCUT2D eigenvalue weighted by Crippen LogP contribution is 2.41. The highest BCUT2D eigenvalue weighted by molar-refractivity contribution is 6.46. The number of methoxy groups -OCH3 is 1. The van der Waals surface area contributed by atoms with Crippen molar-refractivity contribution in [1.29, 1.82) is 0 Å². The molecule has 1 atom stereocenters. The van der Waals surface area contributed by atoms with Crippen molar-refractivity contribution in [3.63, 3.8) is 0 Å². The smallest absolute Gasteiger partial charge is 0.295 e. The number of hydrogen-bond acceptors (Lipinski definition) is 7. The van der Waals surface area contributed by atoms with Crippen molar-refractivity contribution >= 4 is 17.4 Å². The quantitative estimate of drug-likeness (QED) is 0.414. The second-order valence-corrected chi connectivity index (χ2v) is 7.06. The van der Waals surface area contributed by atoms with Crippen LogP contribution < -0.4 is 14.2 Å². The second kappa shape index (κ2) is 8.69. The molecule has 1 N–H and O–H groups in total. The van der Waals surface area contributed by atoms with Gasteiger partial charge in [0.1, 0.15) is 11.5 Å². The van der Waals surface area contributed by atoms with E-state index < -0.39 is 17.7 Å². The van der Waals surface area contributed by atoms with E-state index in [4.69, 9.17) is 18.9 Å². The maximum absolute atomic E-state index is 13.0. The van der Waals surface area contributed by atoms with Gasteiger partial charge in [0, 0.05) is 19.2 Å². The number of ether oxygens (including phenoxy) is 4. The zero-order valence-corrected chi connectivity index (χ0v) is 17.3. The Balaban J connectivity index is 1.83. The molecule has 2 aromatic rings. The molecule has 1 saturated heterocycles. The van der Waals surface area contributed by atoms with Crippen molar-refractivity contribution < 1.29 is 33.6 Å². The summed E-state index contributed by atoms with van der Waals surface area (Å²) in [6, 6.07) is 11.2. The van der Waals surface area contributed by atoms with Gasteiger partial charge in [-0.15, -0.1) is 0 Å². The first kappa shape index (κ1) is 20.7. The Morgan fingerprint density at radius 2 is 1.97 bits per heavy atom. The van der Waals surface area contributed by atoms with E-state index in [1.165, 1.54) is 12.0 Å². The fourth-order valence-electron chi connectivity index (χ4n) is 3.79. The number of carbonyl (C=O) groups excluding carboxylic acids is 2. The molecule has 8 heteroatoms. The van der Waals surface area contributed by atoms with Crippen LogP contribution in [0.1, 0.15) is 24.1 Å². The fourth-order valence-corrected chi connectivity index (χ4v) is 3.79. The molecule has 0 saturated carbocycles. The maximum Gasteiger partial charge on any atom is 0.295 e. The summed E-state index contributed by atoms with van der Waals surface area (Å²) in [5.74, 6) is -0.0846. The van der Waals surface area contributed by atoms with Gasteiger partial charge < -0.3 is 29.0 Å². The lowest BCUT2D eigenvalue weighted by Gasteiger charge is -2.25. The minimum absolute atomic E-state index is 0.00798. The zero-order valence-electron chi connectivity index (χ0n) is 17.3. The molecule has 31 heavy (non-hydrogen) atoms. The third-order valence-corrected chi connectivity index (χ3v) is 5.21. The number of Topliss-reactive ketones (excluding diaryl/α,β-unsaturated/α-hetero) is 1. The number of hydrogen-bond donors (Lipinski definition) is 1. The van der Waals surface area contributed by atoms with Gasteiger partial charge in [-0.25, -0.2) is 0 Å². The summed E-state index contributed by atoms with van der Waals surface area (Å²) in [7, 11) is 1.52. The molecule has 1 amide bonds. The summed E-state index contributed by atoms with van der Waals surface area (Å²) in [6.07, 6.45) is 0. The van der Waals surface area contributed by atoms with Crippen LogP contribution in [0.15, 0.2) is 48.0 Å². The van der Waals surface area contributed by atoms with Crippen molar-refractivity contribution in [2.45, 2.75) is 13.0 Å². The predicted molar refractivity (Wildman–Crippen MR) is 111 cm³/mol. The number of aliphatic hydroxyl groups excluding tert-OH is 1. The lowest BCUT2D eigenvalue weighted by Crippen LogP contribution is -2.32. The first-order valence-corrected chi connectivity index (χ1v) is 9.95. The molecule has 162 valence electrons. The van der Waals surface area contributed by atoms with Crippen LogP contribution in [-0.2, 0) is 14.3 Å². The molecule has 2 aromatic carbocycles. The van der Waals surface area contributed by atoms with Crippen molar-refractivity contribution in [2.75, 3.05) is 33.7 Å². The van der Waals surface area contributed by atoms with Crippen LogP contribution in [0.4, 0.5) is 0 Å². The van der Waals surface area contributed by atoms with E-state index in [9.17, 15) is 14.7 Å². The van der Waals surface area contributed by atoms with E-state index in [1.807, 2.05) is 6.92 Å².